The Labute approximate surface area is 119 Å². The van der Waals surface area contributed by atoms with Gasteiger partial charge in [-0.3, -0.25) is 0 Å². The molecule has 0 aromatic heterocycles. The number of hydrogen-bond acceptors (Lipinski definition) is 5. The van der Waals surface area contributed by atoms with E-state index < -0.39 is 19.9 Å². The number of benzene rings is 1. The Morgan fingerprint density at radius 2 is 1.80 bits per heavy atom. The fraction of sp³-hybridized carbons (Fsp3) is 0.500. The Morgan fingerprint density at radius 1 is 1.20 bits per heavy atom. The lowest BCUT2D eigenvalue weighted by molar-refractivity contribution is 0.270. The Hall–Kier alpha value is -1.12. The first-order chi connectivity index (χ1) is 9.09. The highest BCUT2D eigenvalue weighted by Gasteiger charge is 2.31. The van der Waals surface area contributed by atoms with Crippen molar-refractivity contribution in [1.29, 1.82) is 0 Å². The summed E-state index contributed by atoms with van der Waals surface area (Å²) < 4.78 is 50.1. The maximum absolute atomic E-state index is 12.3. The Bertz CT molecular complexity index is 720. The molecule has 0 aliphatic heterocycles. The van der Waals surface area contributed by atoms with Gasteiger partial charge in [0.05, 0.1) is 10.6 Å². The van der Waals surface area contributed by atoms with E-state index in [4.69, 9.17) is 5.73 Å². The smallest absolute Gasteiger partial charge is 0.242 e. The molecule has 1 fully saturated rings. The van der Waals surface area contributed by atoms with Crippen LogP contribution < -0.4 is 10.5 Å². The first-order valence-corrected chi connectivity index (χ1v) is 9.59. The lowest BCUT2D eigenvalue weighted by Gasteiger charge is -2.33. The molecule has 112 valence electrons. The third kappa shape index (κ3) is 3.13. The Morgan fingerprint density at radius 3 is 2.30 bits per heavy atom. The van der Waals surface area contributed by atoms with E-state index in [1.54, 1.807) is 0 Å². The highest BCUT2D eigenvalue weighted by atomic mass is 32.2. The molecule has 0 heterocycles. The summed E-state index contributed by atoms with van der Waals surface area (Å²) in [5.41, 5.74) is 5.71. The largest absolute Gasteiger partial charge is 0.398 e. The van der Waals surface area contributed by atoms with Gasteiger partial charge < -0.3 is 5.73 Å². The Kier molecular flexibility index (Phi) is 3.83. The molecule has 0 radical (unpaired) electrons. The van der Waals surface area contributed by atoms with Crippen molar-refractivity contribution in [2.45, 2.75) is 35.6 Å². The highest BCUT2D eigenvalue weighted by molar-refractivity contribution is 7.91. The minimum atomic E-state index is -3.80. The molecule has 1 aromatic carbocycles. The molecule has 1 aliphatic rings. The van der Waals surface area contributed by atoms with Crippen LogP contribution in [0.1, 0.15) is 19.8 Å². The predicted molar refractivity (Wildman–Crippen MR) is 76.5 cm³/mol. The third-order valence-electron chi connectivity index (χ3n) is 3.40. The molecule has 8 heteroatoms. The topological polar surface area (TPSA) is 106 Å². The van der Waals surface area contributed by atoms with Crippen molar-refractivity contribution in [1.82, 2.24) is 4.72 Å². The maximum Gasteiger partial charge on any atom is 0.242 e. The number of hydrogen-bond donors (Lipinski definition) is 2. The lowest BCUT2D eigenvalue weighted by atomic mass is 9.83. The van der Waals surface area contributed by atoms with Crippen molar-refractivity contribution in [2.75, 3.05) is 12.0 Å². The van der Waals surface area contributed by atoms with Crippen LogP contribution in [0, 0.1) is 5.92 Å². The first kappa shape index (κ1) is 15.3. The van der Waals surface area contributed by atoms with E-state index in [2.05, 4.69) is 4.72 Å². The average molecular weight is 318 g/mol. The molecule has 2 rings (SSSR count). The van der Waals surface area contributed by atoms with Crippen LogP contribution in [-0.4, -0.2) is 29.1 Å². The second kappa shape index (κ2) is 5.01. The minimum Gasteiger partial charge on any atom is -0.398 e. The zero-order chi connectivity index (χ0) is 15.1. The van der Waals surface area contributed by atoms with Gasteiger partial charge in [-0.1, -0.05) is 6.92 Å². The predicted octanol–water partition coefficient (Wildman–Crippen LogP) is 0.749. The first-order valence-electron chi connectivity index (χ1n) is 6.21. The molecule has 1 aromatic rings. The van der Waals surface area contributed by atoms with Crippen LogP contribution in [-0.2, 0) is 19.9 Å². The van der Waals surface area contributed by atoms with Gasteiger partial charge in [0.1, 0.15) is 4.90 Å². The van der Waals surface area contributed by atoms with E-state index in [0.717, 1.165) is 25.2 Å². The van der Waals surface area contributed by atoms with Crippen LogP contribution in [0.15, 0.2) is 28.0 Å². The summed E-state index contributed by atoms with van der Waals surface area (Å²) in [6, 6.07) is 3.61. The summed E-state index contributed by atoms with van der Waals surface area (Å²) >= 11 is 0. The van der Waals surface area contributed by atoms with Gasteiger partial charge in [0.2, 0.25) is 10.0 Å². The molecular formula is C12H18N2O4S2. The van der Waals surface area contributed by atoms with Crippen LogP contribution >= 0.6 is 0 Å². The van der Waals surface area contributed by atoms with Gasteiger partial charge in [-0.2, -0.15) is 0 Å². The van der Waals surface area contributed by atoms with Crippen LogP contribution in [0.5, 0.6) is 0 Å². The number of anilines is 1. The standard InChI is InChI=1S/C12H18N2O4S2/c1-8-5-9(6-8)14-20(17,18)12-7-10(19(2,15)16)3-4-11(12)13/h3-4,7-9,14H,5-6,13H2,1-2H3. The number of sulfonamides is 1. The molecule has 0 bridgehead atoms. The van der Waals surface area contributed by atoms with E-state index >= 15 is 0 Å². The summed E-state index contributed by atoms with van der Waals surface area (Å²) in [6.45, 7) is 2.05. The average Bonchev–Trinajstić information content (AvgIpc) is 2.25. The number of sulfone groups is 1. The molecule has 0 atom stereocenters. The summed E-state index contributed by atoms with van der Waals surface area (Å²) in [5.74, 6) is 0.502. The van der Waals surface area contributed by atoms with Gasteiger partial charge in [-0.05, 0) is 37.0 Å². The van der Waals surface area contributed by atoms with Crippen molar-refractivity contribution >= 4 is 25.5 Å². The quantitative estimate of drug-likeness (QED) is 0.797. The van der Waals surface area contributed by atoms with Crippen LogP contribution in [0.4, 0.5) is 5.69 Å². The molecule has 1 saturated carbocycles. The van der Waals surface area contributed by atoms with E-state index in [1.165, 1.54) is 12.1 Å². The van der Waals surface area contributed by atoms with Crippen molar-refractivity contribution in [3.8, 4) is 0 Å². The van der Waals surface area contributed by atoms with Crippen LogP contribution in [0.25, 0.3) is 0 Å². The van der Waals surface area contributed by atoms with Gasteiger partial charge in [0.15, 0.2) is 9.84 Å². The van der Waals surface area contributed by atoms with Gasteiger partial charge in [-0.15, -0.1) is 0 Å². The minimum absolute atomic E-state index is 0.0391. The van der Waals surface area contributed by atoms with Gasteiger partial charge in [0.25, 0.3) is 0 Å². The van der Waals surface area contributed by atoms with E-state index in [1.807, 2.05) is 6.92 Å². The van der Waals surface area contributed by atoms with Gasteiger partial charge >= 0.3 is 0 Å². The van der Waals surface area contributed by atoms with Crippen molar-refractivity contribution in [3.63, 3.8) is 0 Å². The summed E-state index contributed by atoms with van der Waals surface area (Å²) in [6.07, 6.45) is 2.59. The van der Waals surface area contributed by atoms with Gasteiger partial charge in [-0.25, -0.2) is 21.6 Å². The van der Waals surface area contributed by atoms with E-state index in [9.17, 15) is 16.8 Å². The fourth-order valence-corrected chi connectivity index (χ4v) is 4.40. The number of rotatable bonds is 4. The van der Waals surface area contributed by atoms with Crippen LogP contribution in [0.2, 0.25) is 0 Å². The SMILES string of the molecule is CC1CC(NS(=O)(=O)c2cc(S(C)(=O)=O)ccc2N)C1. The summed E-state index contributed by atoms with van der Waals surface area (Å²) in [7, 11) is -7.28. The second-order valence-electron chi connectivity index (χ2n) is 5.37. The number of nitrogens with two attached hydrogens (primary N) is 1. The molecule has 1 aliphatic carbocycles. The zero-order valence-electron chi connectivity index (χ0n) is 11.3. The molecule has 0 unspecified atom stereocenters. The zero-order valence-corrected chi connectivity index (χ0v) is 13.0. The van der Waals surface area contributed by atoms with Crippen molar-refractivity contribution in [2.24, 2.45) is 5.92 Å². The molecule has 0 saturated heterocycles. The maximum atomic E-state index is 12.3. The highest BCUT2D eigenvalue weighted by Crippen LogP contribution is 2.29. The lowest BCUT2D eigenvalue weighted by Crippen LogP contribution is -2.43. The van der Waals surface area contributed by atoms with Gasteiger partial charge in [0, 0.05) is 12.3 Å². The monoisotopic (exact) mass is 318 g/mol. The summed E-state index contributed by atoms with van der Waals surface area (Å²) in [4.78, 5) is -0.242. The molecule has 3 N–H and O–H groups in total. The second-order valence-corrected chi connectivity index (χ2v) is 9.06. The molecular weight excluding hydrogens is 300 g/mol. The molecule has 0 amide bonds. The van der Waals surface area contributed by atoms with E-state index in [-0.39, 0.29) is 21.5 Å². The molecule has 6 nitrogen and oxygen atoms in total. The number of nitrogen functional groups attached to an aromatic ring is 1. The number of nitrogens with one attached hydrogen (secondary N) is 1. The normalized spacial score (nSPS) is 23.3. The van der Waals surface area contributed by atoms with Crippen LogP contribution in [0.3, 0.4) is 0 Å². The summed E-state index contributed by atoms with van der Waals surface area (Å²) in [5, 5.41) is 0. The van der Waals surface area contributed by atoms with Crippen molar-refractivity contribution < 1.29 is 16.8 Å². The molecule has 20 heavy (non-hydrogen) atoms. The third-order valence-corrected chi connectivity index (χ3v) is 6.08. The fourth-order valence-electron chi connectivity index (χ4n) is 2.26. The molecule has 0 spiro atoms. The van der Waals surface area contributed by atoms with E-state index in [0.29, 0.717) is 5.92 Å². The Balaban J connectivity index is 2.36. The van der Waals surface area contributed by atoms with Crippen molar-refractivity contribution in [3.05, 3.63) is 18.2 Å².